The SMILES string of the molecule is Nc1cc(Br)cc2c1NCCNC2=O. The Morgan fingerprint density at radius 1 is 1.29 bits per heavy atom. The summed E-state index contributed by atoms with van der Waals surface area (Å²) < 4.78 is 0.813. The maximum Gasteiger partial charge on any atom is 0.253 e. The van der Waals surface area contributed by atoms with Crippen molar-refractivity contribution in [2.45, 2.75) is 0 Å². The summed E-state index contributed by atoms with van der Waals surface area (Å²) in [5.74, 6) is -0.0852. The number of hydrogen-bond acceptors (Lipinski definition) is 3. The van der Waals surface area contributed by atoms with Gasteiger partial charge in [-0.05, 0) is 12.1 Å². The lowest BCUT2D eigenvalue weighted by atomic mass is 10.1. The van der Waals surface area contributed by atoms with E-state index in [-0.39, 0.29) is 5.91 Å². The van der Waals surface area contributed by atoms with Crippen molar-refractivity contribution in [1.82, 2.24) is 5.32 Å². The Bertz CT molecular complexity index is 392. The van der Waals surface area contributed by atoms with Gasteiger partial charge in [0.05, 0.1) is 16.9 Å². The number of anilines is 2. The summed E-state index contributed by atoms with van der Waals surface area (Å²) in [6.45, 7) is 1.31. The number of hydrogen-bond donors (Lipinski definition) is 3. The second-order valence-electron chi connectivity index (χ2n) is 3.10. The number of halogens is 1. The van der Waals surface area contributed by atoms with Crippen molar-refractivity contribution in [2.24, 2.45) is 0 Å². The van der Waals surface area contributed by atoms with Gasteiger partial charge in [-0.1, -0.05) is 15.9 Å². The molecule has 0 atom stereocenters. The number of nitrogens with one attached hydrogen (secondary N) is 2. The highest BCUT2D eigenvalue weighted by Crippen LogP contribution is 2.28. The molecular weight excluding hydrogens is 246 g/mol. The number of nitrogens with two attached hydrogens (primary N) is 1. The lowest BCUT2D eigenvalue weighted by Gasteiger charge is -2.09. The summed E-state index contributed by atoms with van der Waals surface area (Å²) in [4.78, 5) is 11.6. The Kier molecular flexibility index (Phi) is 2.33. The summed E-state index contributed by atoms with van der Waals surface area (Å²) in [6.07, 6.45) is 0. The maximum absolute atomic E-state index is 11.6. The number of benzene rings is 1. The van der Waals surface area contributed by atoms with Crippen LogP contribution in [0.3, 0.4) is 0 Å². The number of carbonyl (C=O) groups is 1. The van der Waals surface area contributed by atoms with Crippen LogP contribution in [-0.4, -0.2) is 19.0 Å². The molecule has 74 valence electrons. The minimum absolute atomic E-state index is 0.0852. The van der Waals surface area contributed by atoms with Crippen LogP contribution in [-0.2, 0) is 0 Å². The summed E-state index contributed by atoms with van der Waals surface area (Å²) >= 11 is 3.31. The Morgan fingerprint density at radius 2 is 2.00 bits per heavy atom. The number of fused-ring (bicyclic) bond motifs is 1. The summed E-state index contributed by atoms with van der Waals surface area (Å²) in [5, 5.41) is 5.90. The van der Waals surface area contributed by atoms with Crippen LogP contribution in [0.25, 0.3) is 0 Å². The van der Waals surface area contributed by atoms with Crippen molar-refractivity contribution in [3.8, 4) is 0 Å². The van der Waals surface area contributed by atoms with E-state index in [2.05, 4.69) is 26.6 Å². The first-order chi connectivity index (χ1) is 6.68. The highest BCUT2D eigenvalue weighted by molar-refractivity contribution is 9.10. The van der Waals surface area contributed by atoms with Gasteiger partial charge < -0.3 is 16.4 Å². The molecule has 1 aromatic rings. The van der Waals surface area contributed by atoms with Gasteiger partial charge in [-0.2, -0.15) is 0 Å². The zero-order valence-electron chi connectivity index (χ0n) is 7.43. The standard InChI is InChI=1S/C9H10BrN3O/c10-5-3-6-8(7(11)4-5)12-1-2-13-9(6)14/h3-4,12H,1-2,11H2,(H,13,14). The summed E-state index contributed by atoms with van der Waals surface area (Å²) in [5.41, 5.74) is 7.71. The molecule has 1 aromatic carbocycles. The quantitative estimate of drug-likeness (QED) is 0.611. The zero-order chi connectivity index (χ0) is 10.1. The number of carbonyl (C=O) groups excluding carboxylic acids is 1. The van der Waals surface area contributed by atoms with Gasteiger partial charge in [-0.3, -0.25) is 4.79 Å². The van der Waals surface area contributed by atoms with E-state index in [0.29, 0.717) is 24.3 Å². The second-order valence-corrected chi connectivity index (χ2v) is 4.02. The molecule has 4 nitrogen and oxygen atoms in total. The van der Waals surface area contributed by atoms with Crippen LogP contribution < -0.4 is 16.4 Å². The van der Waals surface area contributed by atoms with E-state index in [1.807, 2.05) is 0 Å². The van der Waals surface area contributed by atoms with Crippen molar-refractivity contribution in [3.05, 3.63) is 22.2 Å². The van der Waals surface area contributed by atoms with E-state index < -0.39 is 0 Å². The van der Waals surface area contributed by atoms with Crippen molar-refractivity contribution < 1.29 is 4.79 Å². The molecule has 1 heterocycles. The van der Waals surface area contributed by atoms with Crippen LogP contribution in [0.4, 0.5) is 11.4 Å². The van der Waals surface area contributed by atoms with E-state index in [1.54, 1.807) is 12.1 Å². The maximum atomic E-state index is 11.6. The van der Waals surface area contributed by atoms with Crippen LogP contribution in [0.5, 0.6) is 0 Å². The van der Waals surface area contributed by atoms with Crippen LogP contribution in [0.15, 0.2) is 16.6 Å². The van der Waals surface area contributed by atoms with Gasteiger partial charge in [0.1, 0.15) is 0 Å². The molecule has 0 aliphatic carbocycles. The predicted octanol–water partition coefficient (Wildman–Crippen LogP) is 1.19. The first-order valence-corrected chi connectivity index (χ1v) is 5.09. The second kappa shape index (κ2) is 3.49. The molecule has 0 unspecified atom stereocenters. The van der Waals surface area contributed by atoms with E-state index in [0.717, 1.165) is 10.2 Å². The highest BCUT2D eigenvalue weighted by Gasteiger charge is 2.17. The molecule has 1 aliphatic rings. The van der Waals surface area contributed by atoms with Gasteiger partial charge in [-0.25, -0.2) is 0 Å². The smallest absolute Gasteiger partial charge is 0.253 e. The third-order valence-corrected chi connectivity index (χ3v) is 2.55. The van der Waals surface area contributed by atoms with Crippen LogP contribution in [0, 0.1) is 0 Å². The van der Waals surface area contributed by atoms with Gasteiger partial charge in [0.2, 0.25) is 0 Å². The Labute approximate surface area is 90.0 Å². The molecule has 0 radical (unpaired) electrons. The Hall–Kier alpha value is -1.23. The van der Waals surface area contributed by atoms with E-state index in [1.165, 1.54) is 0 Å². The average molecular weight is 256 g/mol. The van der Waals surface area contributed by atoms with Crippen molar-refractivity contribution in [2.75, 3.05) is 24.1 Å². The molecule has 14 heavy (non-hydrogen) atoms. The van der Waals surface area contributed by atoms with E-state index in [9.17, 15) is 4.79 Å². The van der Waals surface area contributed by atoms with Gasteiger partial charge in [0.15, 0.2) is 0 Å². The zero-order valence-corrected chi connectivity index (χ0v) is 9.02. The lowest BCUT2D eigenvalue weighted by Crippen LogP contribution is -2.24. The number of rotatable bonds is 0. The highest BCUT2D eigenvalue weighted by atomic mass is 79.9. The average Bonchev–Trinajstić information content (AvgIpc) is 2.29. The molecule has 0 aromatic heterocycles. The molecule has 1 aliphatic heterocycles. The predicted molar refractivity (Wildman–Crippen MR) is 59.4 cm³/mol. The molecule has 0 spiro atoms. The first-order valence-electron chi connectivity index (χ1n) is 4.29. The fourth-order valence-electron chi connectivity index (χ4n) is 1.46. The third kappa shape index (κ3) is 1.55. The molecule has 0 saturated heterocycles. The number of nitrogen functional groups attached to an aromatic ring is 1. The van der Waals surface area contributed by atoms with E-state index >= 15 is 0 Å². The number of amides is 1. The van der Waals surface area contributed by atoms with Gasteiger partial charge in [0, 0.05) is 17.6 Å². The molecule has 2 rings (SSSR count). The molecule has 0 saturated carbocycles. The van der Waals surface area contributed by atoms with Crippen LogP contribution >= 0.6 is 15.9 Å². The van der Waals surface area contributed by atoms with Crippen molar-refractivity contribution >= 4 is 33.2 Å². The molecule has 0 bridgehead atoms. The fourth-order valence-corrected chi connectivity index (χ4v) is 1.94. The molecular formula is C9H10BrN3O. The minimum Gasteiger partial charge on any atom is -0.397 e. The van der Waals surface area contributed by atoms with Gasteiger partial charge in [0.25, 0.3) is 5.91 Å². The molecule has 0 fully saturated rings. The molecule has 1 amide bonds. The largest absolute Gasteiger partial charge is 0.397 e. The minimum atomic E-state index is -0.0852. The molecule has 4 N–H and O–H groups in total. The van der Waals surface area contributed by atoms with Crippen molar-refractivity contribution in [3.63, 3.8) is 0 Å². The lowest BCUT2D eigenvalue weighted by molar-refractivity contribution is 0.0958. The van der Waals surface area contributed by atoms with Crippen molar-refractivity contribution in [1.29, 1.82) is 0 Å². The van der Waals surface area contributed by atoms with Crippen LogP contribution in [0.2, 0.25) is 0 Å². The third-order valence-electron chi connectivity index (χ3n) is 2.09. The topological polar surface area (TPSA) is 67.2 Å². The summed E-state index contributed by atoms with van der Waals surface area (Å²) in [6, 6.07) is 3.55. The Morgan fingerprint density at radius 3 is 2.79 bits per heavy atom. The monoisotopic (exact) mass is 255 g/mol. The normalized spacial score (nSPS) is 15.1. The Balaban J connectivity index is 2.58. The molecule has 5 heteroatoms. The summed E-state index contributed by atoms with van der Waals surface area (Å²) in [7, 11) is 0. The van der Waals surface area contributed by atoms with Gasteiger partial charge in [-0.15, -0.1) is 0 Å². The fraction of sp³-hybridized carbons (Fsp3) is 0.222. The first kappa shape index (κ1) is 9.33. The van der Waals surface area contributed by atoms with Gasteiger partial charge >= 0.3 is 0 Å². The van der Waals surface area contributed by atoms with E-state index in [4.69, 9.17) is 5.73 Å². The van der Waals surface area contributed by atoms with Crippen LogP contribution in [0.1, 0.15) is 10.4 Å².